The summed E-state index contributed by atoms with van der Waals surface area (Å²) < 4.78 is 39.1. The summed E-state index contributed by atoms with van der Waals surface area (Å²) in [5.74, 6) is -1.76. The van der Waals surface area contributed by atoms with Crippen LogP contribution in [-0.2, 0) is 30.7 Å². The Bertz CT molecular complexity index is 961. The van der Waals surface area contributed by atoms with Crippen LogP contribution < -0.4 is 5.32 Å². The van der Waals surface area contributed by atoms with Gasteiger partial charge in [0.15, 0.2) is 0 Å². The van der Waals surface area contributed by atoms with Gasteiger partial charge in [0.2, 0.25) is 0 Å². The molecule has 0 saturated carbocycles. The Morgan fingerprint density at radius 1 is 0.968 bits per heavy atom. The van der Waals surface area contributed by atoms with E-state index in [-0.39, 0.29) is 20.5 Å². The first-order valence-electron chi connectivity index (χ1n) is 9.69. The number of carbonyl (C=O) groups is 1. The number of nitrogens with zero attached hydrogens (tertiary/aromatic N) is 1. The Hall–Kier alpha value is -1.38. The van der Waals surface area contributed by atoms with Gasteiger partial charge in [-0.1, -0.05) is 39.3 Å². The van der Waals surface area contributed by atoms with Crippen molar-refractivity contribution in [3.05, 3.63) is 66.6 Å². The number of nitrogens with one attached hydrogen (secondary N) is 1. The fourth-order valence-electron chi connectivity index (χ4n) is 4.02. The molecule has 1 N–H and O–H groups in total. The maximum atomic E-state index is 12.4. The van der Waals surface area contributed by atoms with Gasteiger partial charge >= 0.3 is 12.1 Å². The van der Waals surface area contributed by atoms with E-state index in [1.165, 1.54) is 27.6 Å². The van der Waals surface area contributed by atoms with E-state index in [1.807, 2.05) is 13.0 Å². The first-order valence-corrected chi connectivity index (χ1v) is 11.3. The third kappa shape index (κ3) is 6.33. The molecule has 2 heterocycles. The van der Waals surface area contributed by atoms with Gasteiger partial charge in [0, 0.05) is 28.6 Å². The molecule has 2 aliphatic rings. The molecule has 0 aliphatic carbocycles. The quantitative estimate of drug-likeness (QED) is 0.411. The highest BCUT2D eigenvalue weighted by Crippen LogP contribution is 2.29. The van der Waals surface area contributed by atoms with E-state index >= 15 is 0 Å². The molecule has 0 saturated heterocycles. The maximum Gasteiger partial charge on any atom is 0.471 e. The van der Waals surface area contributed by atoms with Crippen molar-refractivity contribution in [2.75, 3.05) is 13.1 Å². The number of carbonyl (C=O) groups excluding carboxylic acids is 1. The predicted octanol–water partition coefficient (Wildman–Crippen LogP) is 6.24. The molecule has 4 rings (SSSR count). The monoisotopic (exact) mass is 562 g/mol. The van der Waals surface area contributed by atoms with Crippen LogP contribution in [0.2, 0.25) is 0 Å². The minimum absolute atomic E-state index is 0. The van der Waals surface area contributed by atoms with Crippen molar-refractivity contribution >= 4 is 37.8 Å². The normalized spacial score (nSPS) is 15.1. The average molecular weight is 564 g/mol. The fraction of sp³-hybridized carbons (Fsp3) is 0.435. The topological polar surface area (TPSA) is 32.3 Å². The molecular weight excluding hydrogens is 537 g/mol. The number of hydrogen-bond acceptors (Lipinski definition) is 2. The van der Waals surface area contributed by atoms with Crippen molar-refractivity contribution in [2.45, 2.75) is 53.4 Å². The van der Waals surface area contributed by atoms with Crippen molar-refractivity contribution < 1.29 is 18.0 Å². The second kappa shape index (κ2) is 10.5. The van der Waals surface area contributed by atoms with E-state index in [1.54, 1.807) is 6.07 Å². The van der Waals surface area contributed by atoms with Crippen LogP contribution in [0.25, 0.3) is 0 Å². The van der Waals surface area contributed by atoms with Crippen molar-refractivity contribution in [3.8, 4) is 0 Å². The highest BCUT2D eigenvalue weighted by Gasteiger charge is 2.43. The third-order valence-corrected chi connectivity index (χ3v) is 6.37. The van der Waals surface area contributed by atoms with Crippen molar-refractivity contribution in [2.24, 2.45) is 0 Å². The molecule has 0 radical (unpaired) electrons. The zero-order chi connectivity index (χ0) is 22.1. The van der Waals surface area contributed by atoms with Crippen LogP contribution in [0, 0.1) is 13.8 Å². The molecule has 0 atom stereocenters. The van der Waals surface area contributed by atoms with Crippen LogP contribution in [0.1, 0.15) is 40.8 Å². The second-order valence-electron chi connectivity index (χ2n) is 7.62. The summed E-state index contributed by atoms with van der Waals surface area (Å²) in [4.78, 5) is 12.0. The van der Waals surface area contributed by atoms with E-state index < -0.39 is 12.1 Å². The van der Waals surface area contributed by atoms with Crippen LogP contribution in [0.15, 0.2) is 33.2 Å². The molecule has 0 fully saturated rings. The Balaban J connectivity index is 0.000000229. The van der Waals surface area contributed by atoms with Gasteiger partial charge in [0.25, 0.3) is 0 Å². The molecule has 0 unspecified atom stereocenters. The lowest BCUT2D eigenvalue weighted by molar-refractivity contribution is -0.186. The number of fused-ring (bicyclic) bond motifs is 2. The number of benzene rings is 2. The minimum Gasteiger partial charge on any atom is -0.330 e. The summed E-state index contributed by atoms with van der Waals surface area (Å²) in [6.45, 7) is 6.40. The molecule has 0 spiro atoms. The van der Waals surface area contributed by atoms with Gasteiger partial charge in [-0.15, -0.1) is 0 Å². The highest BCUT2D eigenvalue weighted by molar-refractivity contribution is 9.10. The maximum absolute atomic E-state index is 12.4. The van der Waals surface area contributed by atoms with Gasteiger partial charge in [-0.2, -0.15) is 13.2 Å². The lowest BCUT2D eigenvalue weighted by Gasteiger charge is -2.30. The molecule has 2 aromatic carbocycles. The lowest BCUT2D eigenvalue weighted by atomic mass is 9.95. The van der Waals surface area contributed by atoms with Crippen LogP contribution in [0.3, 0.4) is 0 Å². The smallest absolute Gasteiger partial charge is 0.330 e. The number of hydrogen-bond donors (Lipinski definition) is 1. The molecule has 0 bridgehead atoms. The molecule has 2 aromatic rings. The van der Waals surface area contributed by atoms with E-state index in [2.05, 4.69) is 56.2 Å². The van der Waals surface area contributed by atoms with Crippen molar-refractivity contribution in [1.29, 1.82) is 0 Å². The first kappa shape index (κ1) is 25.9. The van der Waals surface area contributed by atoms with Gasteiger partial charge in [-0.05, 0) is 90.9 Å². The van der Waals surface area contributed by atoms with Gasteiger partial charge in [0.05, 0.1) is 0 Å². The molecule has 2 aliphatic heterocycles. The van der Waals surface area contributed by atoms with Crippen LogP contribution in [-0.4, -0.2) is 30.1 Å². The Labute approximate surface area is 198 Å². The summed E-state index contributed by atoms with van der Waals surface area (Å²) in [7, 11) is 0. The Kier molecular flexibility index (Phi) is 8.76. The number of aryl methyl sites for hydroxylation is 2. The predicted molar refractivity (Wildman–Crippen MR) is 125 cm³/mol. The minimum atomic E-state index is -4.79. The second-order valence-corrected chi connectivity index (χ2v) is 9.45. The number of amides is 1. The SMILES string of the molecule is C.Cc1cc(Br)cc2c1CCN(C(=O)C(F)(F)F)C2.Cc1cc(Br)cc2c1CCNC2. The molecular formula is C23H27Br2F3N2O. The molecule has 8 heteroatoms. The molecule has 31 heavy (non-hydrogen) atoms. The van der Waals surface area contributed by atoms with E-state index in [0.717, 1.165) is 39.2 Å². The summed E-state index contributed by atoms with van der Waals surface area (Å²) >= 11 is 6.83. The largest absolute Gasteiger partial charge is 0.471 e. The fourth-order valence-corrected chi connectivity index (χ4v) is 5.26. The van der Waals surface area contributed by atoms with Crippen LogP contribution >= 0.6 is 31.9 Å². The zero-order valence-corrected chi connectivity index (χ0v) is 20.0. The number of halogens is 5. The summed E-state index contributed by atoms with van der Waals surface area (Å²) in [5.41, 5.74) is 7.28. The standard InChI is InChI=1S/C12H11BrF3NO.C10H12BrN.CH4/c1-7-4-9(13)5-8-6-17(3-2-10(7)8)11(18)12(14,15)16;1-7-4-9(11)5-8-6-12-3-2-10(7)8;/h4-5H,2-3,6H2,1H3;4-5,12H,2-3,6H2,1H3;1H4. The Morgan fingerprint density at radius 2 is 1.52 bits per heavy atom. The summed E-state index contributed by atoms with van der Waals surface area (Å²) in [5, 5.41) is 3.37. The van der Waals surface area contributed by atoms with Gasteiger partial charge in [-0.25, -0.2) is 0 Å². The summed E-state index contributed by atoms with van der Waals surface area (Å²) in [6, 6.07) is 8.12. The van der Waals surface area contributed by atoms with Gasteiger partial charge in [0.1, 0.15) is 0 Å². The van der Waals surface area contributed by atoms with Crippen LogP contribution in [0.5, 0.6) is 0 Å². The van der Waals surface area contributed by atoms with E-state index in [4.69, 9.17) is 0 Å². The zero-order valence-electron chi connectivity index (χ0n) is 16.8. The molecule has 170 valence electrons. The van der Waals surface area contributed by atoms with Crippen molar-refractivity contribution in [1.82, 2.24) is 10.2 Å². The summed E-state index contributed by atoms with van der Waals surface area (Å²) in [6.07, 6.45) is -3.15. The van der Waals surface area contributed by atoms with Crippen molar-refractivity contribution in [3.63, 3.8) is 0 Å². The average Bonchev–Trinajstić information content (AvgIpc) is 2.66. The highest BCUT2D eigenvalue weighted by atomic mass is 79.9. The van der Waals surface area contributed by atoms with Gasteiger partial charge in [-0.3, -0.25) is 4.79 Å². The molecule has 3 nitrogen and oxygen atoms in total. The third-order valence-electron chi connectivity index (χ3n) is 5.45. The lowest BCUT2D eigenvalue weighted by Crippen LogP contribution is -2.43. The first-order chi connectivity index (χ1) is 14.1. The van der Waals surface area contributed by atoms with Gasteiger partial charge < -0.3 is 10.2 Å². The van der Waals surface area contributed by atoms with E-state index in [0.29, 0.717) is 6.42 Å². The molecule has 0 aromatic heterocycles. The number of alkyl halides is 3. The number of rotatable bonds is 0. The van der Waals surface area contributed by atoms with E-state index in [9.17, 15) is 18.0 Å². The Morgan fingerprint density at radius 3 is 2.10 bits per heavy atom. The molecule has 1 amide bonds. The van der Waals surface area contributed by atoms with Crippen LogP contribution in [0.4, 0.5) is 13.2 Å².